The van der Waals surface area contributed by atoms with Crippen LogP contribution in [0.1, 0.15) is 11.1 Å². The van der Waals surface area contributed by atoms with Crippen molar-refractivity contribution < 1.29 is 19.1 Å². The normalized spacial score (nSPS) is 15.7. The summed E-state index contributed by atoms with van der Waals surface area (Å²) in [5, 5.41) is -0.293. The van der Waals surface area contributed by atoms with Crippen LogP contribution in [0.2, 0.25) is 0 Å². The summed E-state index contributed by atoms with van der Waals surface area (Å²) in [6.45, 7) is 0.221. The molecular formula is C19H16BrNO4S. The minimum absolute atomic E-state index is 0.221. The van der Waals surface area contributed by atoms with Crippen molar-refractivity contribution in [3.05, 3.63) is 63.0 Å². The molecule has 0 unspecified atom stereocenters. The minimum atomic E-state index is -0.319. The van der Waals surface area contributed by atoms with Crippen LogP contribution < -0.4 is 9.47 Å². The van der Waals surface area contributed by atoms with E-state index in [2.05, 4.69) is 15.9 Å². The van der Waals surface area contributed by atoms with Gasteiger partial charge in [0.1, 0.15) is 11.5 Å². The number of halogens is 1. The summed E-state index contributed by atoms with van der Waals surface area (Å²) in [6.07, 6.45) is 1.66. The fourth-order valence-corrected chi connectivity index (χ4v) is 3.77. The zero-order valence-corrected chi connectivity index (χ0v) is 16.6. The largest absolute Gasteiger partial charge is 0.497 e. The third-order valence-corrected chi connectivity index (χ3v) is 5.56. The van der Waals surface area contributed by atoms with Gasteiger partial charge in [0, 0.05) is 10.0 Å². The van der Waals surface area contributed by atoms with Crippen LogP contribution in [-0.2, 0) is 11.3 Å². The molecule has 5 nitrogen and oxygen atoms in total. The average Bonchev–Trinajstić information content (AvgIpc) is 2.90. The maximum Gasteiger partial charge on any atom is 0.293 e. The molecule has 0 aromatic heterocycles. The molecule has 0 aliphatic carbocycles. The van der Waals surface area contributed by atoms with Gasteiger partial charge in [-0.05, 0) is 47.7 Å². The van der Waals surface area contributed by atoms with E-state index in [4.69, 9.17) is 9.47 Å². The van der Waals surface area contributed by atoms with E-state index in [1.807, 2.05) is 24.3 Å². The van der Waals surface area contributed by atoms with Gasteiger partial charge in [0.05, 0.1) is 25.7 Å². The van der Waals surface area contributed by atoms with Crippen LogP contribution in [0.25, 0.3) is 6.08 Å². The van der Waals surface area contributed by atoms with Crippen molar-refractivity contribution in [3.63, 3.8) is 0 Å². The Balaban J connectivity index is 1.89. The van der Waals surface area contributed by atoms with Crippen molar-refractivity contribution in [1.29, 1.82) is 0 Å². The zero-order valence-electron chi connectivity index (χ0n) is 14.2. The molecule has 0 saturated carbocycles. The van der Waals surface area contributed by atoms with Gasteiger partial charge in [-0.3, -0.25) is 14.5 Å². The van der Waals surface area contributed by atoms with E-state index in [9.17, 15) is 9.59 Å². The van der Waals surface area contributed by atoms with Crippen molar-refractivity contribution >= 4 is 44.9 Å². The second-order valence-corrected chi connectivity index (χ2v) is 7.31. The first-order valence-corrected chi connectivity index (χ1v) is 9.35. The Morgan fingerprint density at radius 3 is 2.58 bits per heavy atom. The van der Waals surface area contributed by atoms with E-state index in [1.165, 1.54) is 4.90 Å². The molecule has 0 atom stereocenters. The summed E-state index contributed by atoms with van der Waals surface area (Å²) in [7, 11) is 3.12. The number of thioether (sulfide) groups is 1. The first kappa shape index (κ1) is 18.5. The number of imide groups is 1. The molecule has 0 radical (unpaired) electrons. The van der Waals surface area contributed by atoms with Crippen molar-refractivity contribution in [2.45, 2.75) is 6.54 Å². The predicted octanol–water partition coefficient (Wildman–Crippen LogP) is 4.70. The number of carbonyl (C=O) groups is 2. The molecular weight excluding hydrogens is 418 g/mol. The number of nitrogens with zero attached hydrogens (tertiary/aromatic N) is 1. The molecule has 1 aliphatic rings. The highest BCUT2D eigenvalue weighted by Gasteiger charge is 2.35. The Hall–Kier alpha value is -2.25. The summed E-state index contributed by atoms with van der Waals surface area (Å²) >= 11 is 4.37. The standard InChI is InChI=1S/C19H16BrNO4S/c1-24-14-7-8-16(25-2)13(9-14)10-17-18(22)21(19(23)26-17)11-12-5-3-4-6-15(12)20/h3-10H,11H2,1-2H3/b17-10-. The van der Waals surface area contributed by atoms with Crippen molar-refractivity contribution in [3.8, 4) is 11.5 Å². The highest BCUT2D eigenvalue weighted by Crippen LogP contribution is 2.36. The molecule has 0 N–H and O–H groups in total. The third kappa shape index (κ3) is 3.78. The first-order valence-electron chi connectivity index (χ1n) is 7.74. The van der Waals surface area contributed by atoms with E-state index in [1.54, 1.807) is 38.5 Å². The smallest absolute Gasteiger partial charge is 0.293 e. The van der Waals surface area contributed by atoms with E-state index >= 15 is 0 Å². The number of hydrogen-bond acceptors (Lipinski definition) is 5. The molecule has 1 fully saturated rings. The Bertz CT molecular complexity index is 897. The van der Waals surface area contributed by atoms with Crippen molar-refractivity contribution in [2.75, 3.05) is 14.2 Å². The molecule has 1 saturated heterocycles. The van der Waals surface area contributed by atoms with Gasteiger partial charge < -0.3 is 9.47 Å². The van der Waals surface area contributed by atoms with Gasteiger partial charge in [-0.2, -0.15) is 0 Å². The molecule has 0 bridgehead atoms. The number of amides is 2. The highest BCUT2D eigenvalue weighted by molar-refractivity contribution is 9.10. The predicted molar refractivity (Wildman–Crippen MR) is 105 cm³/mol. The van der Waals surface area contributed by atoms with Crippen LogP contribution in [-0.4, -0.2) is 30.3 Å². The molecule has 1 heterocycles. The number of carbonyl (C=O) groups excluding carboxylic acids is 2. The average molecular weight is 434 g/mol. The summed E-state index contributed by atoms with van der Waals surface area (Å²) in [5.41, 5.74) is 1.55. The number of rotatable bonds is 5. The number of hydrogen-bond donors (Lipinski definition) is 0. The molecule has 2 amide bonds. The third-order valence-electron chi connectivity index (χ3n) is 3.88. The number of ether oxygens (including phenoxy) is 2. The zero-order chi connectivity index (χ0) is 18.7. The van der Waals surface area contributed by atoms with Crippen LogP contribution in [0.15, 0.2) is 51.8 Å². The molecule has 3 rings (SSSR count). The molecule has 134 valence electrons. The fraction of sp³-hybridized carbons (Fsp3) is 0.158. The minimum Gasteiger partial charge on any atom is -0.497 e. The summed E-state index contributed by atoms with van der Waals surface area (Å²) in [5.74, 6) is 0.925. The molecule has 1 aliphatic heterocycles. The van der Waals surface area contributed by atoms with Crippen LogP contribution in [0.3, 0.4) is 0 Å². The maximum absolute atomic E-state index is 12.7. The van der Waals surface area contributed by atoms with Crippen LogP contribution in [0, 0.1) is 0 Å². The quantitative estimate of drug-likeness (QED) is 0.639. The molecule has 0 spiro atoms. The topological polar surface area (TPSA) is 55.8 Å². The van der Waals surface area contributed by atoms with Gasteiger partial charge in [0.2, 0.25) is 0 Å². The second-order valence-electron chi connectivity index (χ2n) is 5.47. The SMILES string of the molecule is COc1ccc(OC)c(/C=C2\SC(=O)N(Cc3ccccc3Br)C2=O)c1. The molecule has 2 aromatic rings. The summed E-state index contributed by atoms with van der Waals surface area (Å²) < 4.78 is 11.4. The van der Waals surface area contributed by atoms with Crippen LogP contribution in [0.5, 0.6) is 11.5 Å². The van der Waals surface area contributed by atoms with E-state index < -0.39 is 0 Å². The van der Waals surface area contributed by atoms with Crippen molar-refractivity contribution in [1.82, 2.24) is 4.90 Å². The Kier molecular flexibility index (Phi) is 5.68. The second kappa shape index (κ2) is 7.97. The molecule has 7 heteroatoms. The highest BCUT2D eigenvalue weighted by atomic mass is 79.9. The van der Waals surface area contributed by atoms with Gasteiger partial charge in [-0.1, -0.05) is 34.1 Å². The maximum atomic E-state index is 12.7. The van der Waals surface area contributed by atoms with Crippen LogP contribution in [0.4, 0.5) is 4.79 Å². The van der Waals surface area contributed by atoms with E-state index in [-0.39, 0.29) is 17.7 Å². The number of methoxy groups -OCH3 is 2. The summed E-state index contributed by atoms with van der Waals surface area (Å²) in [6, 6.07) is 12.8. The first-order chi connectivity index (χ1) is 12.5. The van der Waals surface area contributed by atoms with E-state index in [0.29, 0.717) is 22.0 Å². The Labute approximate surface area is 164 Å². The lowest BCUT2D eigenvalue weighted by Crippen LogP contribution is -2.27. The lowest BCUT2D eigenvalue weighted by atomic mass is 10.1. The van der Waals surface area contributed by atoms with E-state index in [0.717, 1.165) is 21.8 Å². The Morgan fingerprint density at radius 1 is 1.12 bits per heavy atom. The van der Waals surface area contributed by atoms with Gasteiger partial charge in [0.25, 0.3) is 11.1 Å². The van der Waals surface area contributed by atoms with Gasteiger partial charge in [0.15, 0.2) is 0 Å². The summed E-state index contributed by atoms with van der Waals surface area (Å²) in [4.78, 5) is 26.6. The molecule has 26 heavy (non-hydrogen) atoms. The fourth-order valence-electron chi connectivity index (χ4n) is 2.53. The Morgan fingerprint density at radius 2 is 1.88 bits per heavy atom. The molecule has 2 aromatic carbocycles. The lowest BCUT2D eigenvalue weighted by Gasteiger charge is -2.13. The van der Waals surface area contributed by atoms with Gasteiger partial charge >= 0.3 is 0 Å². The van der Waals surface area contributed by atoms with Gasteiger partial charge in [-0.25, -0.2) is 0 Å². The van der Waals surface area contributed by atoms with Crippen molar-refractivity contribution in [2.24, 2.45) is 0 Å². The van der Waals surface area contributed by atoms with Gasteiger partial charge in [-0.15, -0.1) is 0 Å². The monoisotopic (exact) mass is 433 g/mol. The number of benzene rings is 2. The lowest BCUT2D eigenvalue weighted by molar-refractivity contribution is -0.123. The van der Waals surface area contributed by atoms with Crippen LogP contribution >= 0.6 is 27.7 Å².